The van der Waals surface area contributed by atoms with Gasteiger partial charge < -0.3 is 15.2 Å². The maximum atomic E-state index is 13.8. The molecular formula is C31H33N3O2. The number of aromatic nitrogens is 1. The summed E-state index contributed by atoms with van der Waals surface area (Å²) in [5.74, 6) is 0.259. The normalized spacial score (nSPS) is 16.0. The van der Waals surface area contributed by atoms with E-state index in [1.54, 1.807) is 4.90 Å². The molecule has 2 N–H and O–H groups in total. The molecule has 1 aliphatic rings. The van der Waals surface area contributed by atoms with Crippen molar-refractivity contribution in [2.45, 2.75) is 46.2 Å². The lowest BCUT2D eigenvalue weighted by Crippen LogP contribution is -2.47. The van der Waals surface area contributed by atoms with E-state index in [2.05, 4.69) is 67.5 Å². The number of amides is 2. The lowest BCUT2D eigenvalue weighted by molar-refractivity contribution is -0.125. The highest BCUT2D eigenvalue weighted by molar-refractivity contribution is 6.04. The minimum absolute atomic E-state index is 0.109. The summed E-state index contributed by atoms with van der Waals surface area (Å²) in [7, 11) is 0. The van der Waals surface area contributed by atoms with Crippen LogP contribution in [-0.2, 0) is 4.79 Å². The van der Waals surface area contributed by atoms with Crippen molar-refractivity contribution in [3.63, 3.8) is 0 Å². The van der Waals surface area contributed by atoms with E-state index in [1.807, 2.05) is 43.3 Å². The molecule has 0 saturated heterocycles. The third kappa shape index (κ3) is 4.19. The first-order valence-corrected chi connectivity index (χ1v) is 12.7. The lowest BCUT2D eigenvalue weighted by Gasteiger charge is -2.31. The number of benzene rings is 3. The van der Waals surface area contributed by atoms with Crippen molar-refractivity contribution in [1.82, 2.24) is 15.2 Å². The van der Waals surface area contributed by atoms with Gasteiger partial charge in [-0.2, -0.15) is 0 Å². The Hall–Kier alpha value is -3.86. The quantitative estimate of drug-likeness (QED) is 0.330. The van der Waals surface area contributed by atoms with Crippen LogP contribution in [0.25, 0.3) is 22.2 Å². The van der Waals surface area contributed by atoms with E-state index < -0.39 is 6.04 Å². The van der Waals surface area contributed by atoms with Crippen molar-refractivity contribution < 1.29 is 9.59 Å². The average Bonchev–Trinajstić information content (AvgIpc) is 3.39. The Bertz CT molecular complexity index is 1420. The van der Waals surface area contributed by atoms with E-state index >= 15 is 0 Å². The Balaban J connectivity index is 1.66. The molecule has 3 aromatic carbocycles. The molecule has 0 saturated carbocycles. The Morgan fingerprint density at radius 1 is 0.972 bits per heavy atom. The molecular weight excluding hydrogens is 446 g/mol. The van der Waals surface area contributed by atoms with E-state index in [0.717, 1.165) is 39.7 Å². The molecule has 4 aromatic rings. The second-order valence-corrected chi connectivity index (χ2v) is 10.2. The number of aryl methyl sites for hydroxylation is 1. The molecule has 0 aliphatic carbocycles. The molecule has 2 heterocycles. The highest BCUT2D eigenvalue weighted by Crippen LogP contribution is 2.46. The van der Waals surface area contributed by atoms with Crippen molar-refractivity contribution in [3.05, 3.63) is 95.1 Å². The van der Waals surface area contributed by atoms with E-state index in [4.69, 9.17) is 0 Å². The maximum Gasteiger partial charge on any atom is 0.255 e. The summed E-state index contributed by atoms with van der Waals surface area (Å²) in [4.78, 5) is 32.4. The molecule has 5 nitrogen and oxygen atoms in total. The molecule has 5 rings (SSSR count). The zero-order valence-corrected chi connectivity index (χ0v) is 21.3. The van der Waals surface area contributed by atoms with Gasteiger partial charge in [-0.05, 0) is 49.4 Å². The summed E-state index contributed by atoms with van der Waals surface area (Å²) in [5, 5.41) is 4.11. The van der Waals surface area contributed by atoms with Gasteiger partial charge in [-0.25, -0.2) is 0 Å². The minimum atomic E-state index is -0.624. The summed E-state index contributed by atoms with van der Waals surface area (Å²) >= 11 is 0. The van der Waals surface area contributed by atoms with Crippen molar-refractivity contribution in [2.24, 2.45) is 5.92 Å². The zero-order valence-electron chi connectivity index (χ0n) is 21.3. The molecule has 2 atom stereocenters. The number of para-hydroxylation sites is 1. The molecule has 0 spiro atoms. The Morgan fingerprint density at radius 2 is 1.67 bits per heavy atom. The highest BCUT2D eigenvalue weighted by Gasteiger charge is 2.44. The van der Waals surface area contributed by atoms with Crippen molar-refractivity contribution in [3.8, 4) is 11.3 Å². The fourth-order valence-corrected chi connectivity index (χ4v) is 5.18. The smallest absolute Gasteiger partial charge is 0.255 e. The number of H-pyrrole nitrogens is 1. The first-order chi connectivity index (χ1) is 17.4. The van der Waals surface area contributed by atoms with Crippen LogP contribution in [0.15, 0.2) is 72.8 Å². The fraction of sp³-hybridized carbons (Fsp3) is 0.290. The first-order valence-electron chi connectivity index (χ1n) is 12.7. The number of nitrogens with zero attached hydrogens (tertiary/aromatic N) is 1. The summed E-state index contributed by atoms with van der Waals surface area (Å²) in [6, 6.07) is 23.3. The number of carbonyl (C=O) groups is 2. The predicted molar refractivity (Wildman–Crippen MR) is 145 cm³/mol. The van der Waals surface area contributed by atoms with Crippen LogP contribution in [0.1, 0.15) is 60.3 Å². The van der Waals surface area contributed by atoms with Gasteiger partial charge in [0.1, 0.15) is 6.04 Å². The molecule has 1 aromatic heterocycles. The maximum absolute atomic E-state index is 13.8. The summed E-state index contributed by atoms with van der Waals surface area (Å²) in [6.07, 6.45) is 0.899. The summed E-state index contributed by atoms with van der Waals surface area (Å²) in [5.41, 5.74) is 6.84. The number of fused-ring (bicyclic) bond motifs is 2. The van der Waals surface area contributed by atoms with Gasteiger partial charge in [-0.15, -0.1) is 0 Å². The highest BCUT2D eigenvalue weighted by atomic mass is 16.2. The van der Waals surface area contributed by atoms with Gasteiger partial charge in [-0.3, -0.25) is 9.59 Å². The predicted octanol–water partition coefficient (Wildman–Crippen LogP) is 6.24. The monoisotopic (exact) mass is 479 g/mol. The Labute approximate surface area is 212 Å². The van der Waals surface area contributed by atoms with Gasteiger partial charge in [0.25, 0.3) is 5.91 Å². The van der Waals surface area contributed by atoms with Crippen LogP contribution in [0, 0.1) is 12.8 Å². The van der Waals surface area contributed by atoms with Crippen molar-refractivity contribution >= 4 is 22.7 Å². The summed E-state index contributed by atoms with van der Waals surface area (Å²) in [6.45, 7) is 8.78. The van der Waals surface area contributed by atoms with Crippen LogP contribution in [0.3, 0.4) is 0 Å². The molecule has 0 bridgehead atoms. The van der Waals surface area contributed by atoms with Gasteiger partial charge in [0.05, 0.1) is 11.7 Å². The van der Waals surface area contributed by atoms with Crippen LogP contribution in [-0.4, -0.2) is 34.3 Å². The second-order valence-electron chi connectivity index (χ2n) is 10.2. The van der Waals surface area contributed by atoms with Crippen LogP contribution in [0.2, 0.25) is 0 Å². The second kappa shape index (κ2) is 9.65. The number of nitrogens with one attached hydrogen (secondary N) is 2. The van der Waals surface area contributed by atoms with Crippen LogP contribution in [0.4, 0.5) is 0 Å². The topological polar surface area (TPSA) is 65.2 Å². The molecule has 184 valence electrons. The summed E-state index contributed by atoms with van der Waals surface area (Å²) < 4.78 is 0. The first kappa shape index (κ1) is 23.9. The lowest BCUT2D eigenvalue weighted by atomic mass is 9.92. The van der Waals surface area contributed by atoms with Gasteiger partial charge in [0.15, 0.2) is 0 Å². The SMILES string of the molecule is Cc1ccc(-c2[nH]c3ccccc3c2[C@H]2c3ccccc3C(=O)N2[C@H](C)C(=O)NCCC(C)C)cc1. The standard InChI is InChI=1S/C31H33N3O2/c1-19(2)17-18-32-30(35)21(4)34-29(23-9-5-6-10-24(23)31(34)36)27-25-11-7-8-12-26(25)33-28(27)22-15-13-20(3)14-16-22/h5-16,19,21,29,33H,17-18H2,1-4H3,(H,32,35)/t21-,29-/m1/s1. The van der Waals surface area contributed by atoms with E-state index in [-0.39, 0.29) is 17.9 Å². The van der Waals surface area contributed by atoms with Crippen LogP contribution in [0.5, 0.6) is 0 Å². The molecule has 0 fully saturated rings. The van der Waals surface area contributed by atoms with Gasteiger partial charge >= 0.3 is 0 Å². The van der Waals surface area contributed by atoms with Gasteiger partial charge in [0, 0.05) is 28.6 Å². The number of hydrogen-bond donors (Lipinski definition) is 2. The number of hydrogen-bond acceptors (Lipinski definition) is 2. The fourth-order valence-electron chi connectivity index (χ4n) is 5.18. The third-order valence-electron chi connectivity index (χ3n) is 7.18. The zero-order chi connectivity index (χ0) is 25.4. The Morgan fingerprint density at radius 3 is 2.42 bits per heavy atom. The molecule has 1 aliphatic heterocycles. The van der Waals surface area contributed by atoms with Gasteiger partial charge in [-0.1, -0.05) is 80.1 Å². The van der Waals surface area contributed by atoms with Crippen molar-refractivity contribution in [2.75, 3.05) is 6.54 Å². The molecule has 5 heteroatoms. The van der Waals surface area contributed by atoms with Crippen molar-refractivity contribution in [1.29, 1.82) is 0 Å². The number of rotatable bonds is 7. The molecule has 0 radical (unpaired) electrons. The minimum Gasteiger partial charge on any atom is -0.354 e. The average molecular weight is 480 g/mol. The van der Waals surface area contributed by atoms with E-state index in [1.165, 1.54) is 5.56 Å². The van der Waals surface area contributed by atoms with E-state index in [0.29, 0.717) is 18.0 Å². The Kier molecular flexibility index (Phi) is 6.40. The number of aromatic amines is 1. The molecule has 0 unspecified atom stereocenters. The van der Waals surface area contributed by atoms with Crippen LogP contribution < -0.4 is 5.32 Å². The number of carbonyl (C=O) groups excluding carboxylic acids is 2. The largest absolute Gasteiger partial charge is 0.354 e. The molecule has 2 amide bonds. The van der Waals surface area contributed by atoms with Gasteiger partial charge in [0.2, 0.25) is 5.91 Å². The third-order valence-corrected chi connectivity index (χ3v) is 7.18. The van der Waals surface area contributed by atoms with E-state index in [9.17, 15) is 9.59 Å². The molecule has 36 heavy (non-hydrogen) atoms. The van der Waals surface area contributed by atoms with Crippen LogP contribution >= 0.6 is 0 Å².